The lowest BCUT2D eigenvalue weighted by molar-refractivity contribution is 0.0954. The summed E-state index contributed by atoms with van der Waals surface area (Å²) in [4.78, 5) is 31.8. The first kappa shape index (κ1) is 24.1. The molecule has 0 unspecified atom stereocenters. The van der Waals surface area contributed by atoms with Crippen LogP contribution >= 0.6 is 0 Å². The SMILES string of the molecule is O=C(NCCc1ccccc1)c1cccc(-c2nc(N3CCOCC3)nc3c2CCN3c2cccnc2)c1. The van der Waals surface area contributed by atoms with Gasteiger partial charge in [0.25, 0.3) is 5.91 Å². The average Bonchev–Trinajstić information content (AvgIpc) is 3.42. The first-order valence-electron chi connectivity index (χ1n) is 13.1. The minimum absolute atomic E-state index is 0.0844. The van der Waals surface area contributed by atoms with E-state index in [1.54, 1.807) is 6.20 Å². The molecule has 1 fully saturated rings. The van der Waals surface area contributed by atoms with Crippen LogP contribution in [0, 0.1) is 0 Å². The molecule has 0 bridgehead atoms. The molecule has 1 N–H and O–H groups in total. The zero-order chi connectivity index (χ0) is 25.7. The second kappa shape index (κ2) is 11.0. The van der Waals surface area contributed by atoms with Crippen molar-refractivity contribution in [1.82, 2.24) is 20.3 Å². The number of rotatable bonds is 7. The zero-order valence-corrected chi connectivity index (χ0v) is 21.2. The highest BCUT2D eigenvalue weighted by molar-refractivity contribution is 5.95. The van der Waals surface area contributed by atoms with Crippen LogP contribution in [0.25, 0.3) is 11.3 Å². The summed E-state index contributed by atoms with van der Waals surface area (Å²) in [5, 5.41) is 3.06. The normalized spacial score (nSPS) is 14.8. The number of fused-ring (bicyclic) bond motifs is 1. The molecule has 1 saturated heterocycles. The van der Waals surface area contributed by atoms with Crippen LogP contribution in [0.1, 0.15) is 21.5 Å². The Bertz CT molecular complexity index is 1410. The van der Waals surface area contributed by atoms with Gasteiger partial charge in [0.1, 0.15) is 5.82 Å². The van der Waals surface area contributed by atoms with Gasteiger partial charge in [-0.25, -0.2) is 4.98 Å². The third-order valence-corrected chi connectivity index (χ3v) is 7.01. The fraction of sp³-hybridized carbons (Fsp3) is 0.267. The number of carbonyl (C=O) groups excluding carboxylic acids is 1. The Morgan fingerprint density at radius 1 is 0.947 bits per heavy atom. The van der Waals surface area contributed by atoms with E-state index in [0.29, 0.717) is 31.3 Å². The number of nitrogens with zero attached hydrogens (tertiary/aromatic N) is 5. The highest BCUT2D eigenvalue weighted by Gasteiger charge is 2.29. The lowest BCUT2D eigenvalue weighted by atomic mass is 10.0. The largest absolute Gasteiger partial charge is 0.378 e. The Labute approximate surface area is 222 Å². The number of anilines is 3. The van der Waals surface area contributed by atoms with Gasteiger partial charge in [-0.1, -0.05) is 42.5 Å². The van der Waals surface area contributed by atoms with Gasteiger partial charge in [0, 0.05) is 49.1 Å². The zero-order valence-electron chi connectivity index (χ0n) is 21.2. The molecule has 1 amide bonds. The number of benzene rings is 2. The fourth-order valence-electron chi connectivity index (χ4n) is 5.03. The standard InChI is InChI=1S/C30H30N6O2/c37-29(32-14-11-22-6-2-1-3-7-22)24-9-4-8-23(20-24)27-26-12-15-36(25-10-5-13-31-21-25)28(26)34-30(33-27)35-16-18-38-19-17-35/h1-10,13,20-21H,11-12,14-19H2,(H,32,37). The van der Waals surface area contributed by atoms with Gasteiger partial charge >= 0.3 is 0 Å². The van der Waals surface area contributed by atoms with Crippen molar-refractivity contribution in [2.75, 3.05) is 49.2 Å². The summed E-state index contributed by atoms with van der Waals surface area (Å²) >= 11 is 0. The molecule has 192 valence electrons. The molecule has 0 spiro atoms. The van der Waals surface area contributed by atoms with Crippen molar-refractivity contribution in [3.8, 4) is 11.3 Å². The highest BCUT2D eigenvalue weighted by Crippen LogP contribution is 2.39. The minimum Gasteiger partial charge on any atom is -0.378 e. The van der Waals surface area contributed by atoms with Crippen LogP contribution in [0.15, 0.2) is 79.1 Å². The van der Waals surface area contributed by atoms with Crippen molar-refractivity contribution in [3.05, 3.63) is 95.8 Å². The minimum atomic E-state index is -0.0844. The van der Waals surface area contributed by atoms with E-state index in [9.17, 15) is 4.79 Å². The van der Waals surface area contributed by atoms with Crippen molar-refractivity contribution in [1.29, 1.82) is 0 Å². The van der Waals surface area contributed by atoms with Gasteiger partial charge < -0.3 is 19.9 Å². The predicted octanol–water partition coefficient (Wildman–Crippen LogP) is 4.04. The molecule has 8 heteroatoms. The summed E-state index contributed by atoms with van der Waals surface area (Å²) in [5.41, 5.74) is 5.72. The fourth-order valence-corrected chi connectivity index (χ4v) is 5.03. The summed E-state index contributed by atoms with van der Waals surface area (Å²) in [6.45, 7) is 4.18. The lowest BCUT2D eigenvalue weighted by Crippen LogP contribution is -2.37. The molecular weight excluding hydrogens is 476 g/mol. The topological polar surface area (TPSA) is 83.5 Å². The van der Waals surface area contributed by atoms with E-state index in [0.717, 1.165) is 60.8 Å². The Morgan fingerprint density at radius 3 is 2.63 bits per heavy atom. The van der Waals surface area contributed by atoms with Crippen LogP contribution in [0.3, 0.4) is 0 Å². The monoisotopic (exact) mass is 506 g/mol. The second-order valence-corrected chi connectivity index (χ2v) is 9.46. The summed E-state index contributed by atoms with van der Waals surface area (Å²) in [6, 6.07) is 21.9. The van der Waals surface area contributed by atoms with Gasteiger partial charge in [0.15, 0.2) is 0 Å². The molecule has 4 heterocycles. The molecule has 4 aromatic rings. The van der Waals surface area contributed by atoms with Crippen molar-refractivity contribution in [2.45, 2.75) is 12.8 Å². The number of ether oxygens (including phenoxy) is 1. The quantitative estimate of drug-likeness (QED) is 0.405. The molecule has 0 radical (unpaired) electrons. The van der Waals surface area contributed by atoms with Gasteiger partial charge in [-0.3, -0.25) is 9.78 Å². The molecule has 2 aliphatic rings. The highest BCUT2D eigenvalue weighted by atomic mass is 16.5. The van der Waals surface area contributed by atoms with E-state index in [2.05, 4.69) is 38.3 Å². The molecular formula is C30H30N6O2. The molecule has 2 aromatic heterocycles. The molecule has 0 aliphatic carbocycles. The summed E-state index contributed by atoms with van der Waals surface area (Å²) in [6.07, 6.45) is 5.25. The Hall–Kier alpha value is -4.30. The Balaban J connectivity index is 1.31. The maximum atomic E-state index is 13.0. The molecule has 38 heavy (non-hydrogen) atoms. The summed E-state index contributed by atoms with van der Waals surface area (Å²) in [7, 11) is 0. The summed E-state index contributed by atoms with van der Waals surface area (Å²) in [5.74, 6) is 1.51. The Morgan fingerprint density at radius 2 is 1.82 bits per heavy atom. The molecule has 2 aromatic carbocycles. The first-order chi connectivity index (χ1) is 18.8. The number of pyridine rings is 1. The van der Waals surface area contributed by atoms with Crippen LogP contribution in [-0.4, -0.2) is 60.3 Å². The van der Waals surface area contributed by atoms with Gasteiger partial charge in [0.05, 0.1) is 30.8 Å². The van der Waals surface area contributed by atoms with Gasteiger partial charge in [-0.05, 0) is 42.7 Å². The lowest BCUT2D eigenvalue weighted by Gasteiger charge is -2.28. The van der Waals surface area contributed by atoms with E-state index in [4.69, 9.17) is 14.7 Å². The van der Waals surface area contributed by atoms with Crippen molar-refractivity contribution >= 4 is 23.4 Å². The molecule has 2 aliphatic heterocycles. The van der Waals surface area contributed by atoms with E-state index in [1.165, 1.54) is 5.56 Å². The first-order valence-corrected chi connectivity index (χ1v) is 13.1. The van der Waals surface area contributed by atoms with Crippen LogP contribution in [0.2, 0.25) is 0 Å². The number of nitrogens with one attached hydrogen (secondary N) is 1. The maximum absolute atomic E-state index is 13.0. The van der Waals surface area contributed by atoms with Gasteiger partial charge in [-0.15, -0.1) is 0 Å². The van der Waals surface area contributed by atoms with Gasteiger partial charge in [-0.2, -0.15) is 4.98 Å². The smallest absolute Gasteiger partial charge is 0.251 e. The number of morpholine rings is 1. The third-order valence-electron chi connectivity index (χ3n) is 7.01. The average molecular weight is 507 g/mol. The Kier molecular flexibility index (Phi) is 6.95. The number of carbonyl (C=O) groups is 1. The molecule has 6 rings (SSSR count). The van der Waals surface area contributed by atoms with Gasteiger partial charge in [0.2, 0.25) is 5.95 Å². The van der Waals surface area contributed by atoms with Crippen molar-refractivity contribution < 1.29 is 9.53 Å². The predicted molar refractivity (Wildman–Crippen MR) is 148 cm³/mol. The third kappa shape index (κ3) is 5.08. The number of aromatic nitrogens is 3. The van der Waals surface area contributed by atoms with E-state index in [1.807, 2.05) is 54.7 Å². The van der Waals surface area contributed by atoms with Crippen LogP contribution in [0.5, 0.6) is 0 Å². The number of amides is 1. The van der Waals surface area contributed by atoms with Crippen molar-refractivity contribution in [3.63, 3.8) is 0 Å². The van der Waals surface area contributed by atoms with Crippen LogP contribution < -0.4 is 15.1 Å². The maximum Gasteiger partial charge on any atom is 0.251 e. The summed E-state index contributed by atoms with van der Waals surface area (Å²) < 4.78 is 5.56. The molecule has 0 saturated carbocycles. The van der Waals surface area contributed by atoms with Crippen LogP contribution in [0.4, 0.5) is 17.5 Å². The number of hydrogen-bond donors (Lipinski definition) is 1. The van der Waals surface area contributed by atoms with E-state index in [-0.39, 0.29) is 5.91 Å². The van der Waals surface area contributed by atoms with E-state index < -0.39 is 0 Å². The molecule has 0 atom stereocenters. The van der Waals surface area contributed by atoms with Crippen molar-refractivity contribution in [2.24, 2.45) is 0 Å². The molecule has 8 nitrogen and oxygen atoms in total. The van der Waals surface area contributed by atoms with E-state index >= 15 is 0 Å². The second-order valence-electron chi connectivity index (χ2n) is 9.46. The van der Waals surface area contributed by atoms with Crippen LogP contribution in [-0.2, 0) is 17.6 Å². The number of hydrogen-bond acceptors (Lipinski definition) is 7.